The smallest absolute Gasteiger partial charge is 0.271 e. The third-order valence-electron chi connectivity index (χ3n) is 6.69. The van der Waals surface area contributed by atoms with E-state index in [1.54, 1.807) is 31.1 Å². The molecule has 3 aromatic carbocycles. The minimum absolute atomic E-state index is 0.108. The van der Waals surface area contributed by atoms with E-state index in [1.807, 2.05) is 59.2 Å². The predicted octanol–water partition coefficient (Wildman–Crippen LogP) is 4.52. The second-order valence-electron chi connectivity index (χ2n) is 8.96. The van der Waals surface area contributed by atoms with Crippen molar-refractivity contribution >= 4 is 22.7 Å². The molecule has 178 valence electrons. The minimum Gasteiger partial charge on any atom is -0.496 e. The van der Waals surface area contributed by atoms with Crippen molar-refractivity contribution in [3.8, 4) is 5.75 Å². The van der Waals surface area contributed by atoms with Gasteiger partial charge >= 0.3 is 0 Å². The Morgan fingerprint density at radius 3 is 2.63 bits per heavy atom. The number of nitrogens with one attached hydrogen (secondary N) is 1. The van der Waals surface area contributed by atoms with Crippen molar-refractivity contribution in [3.63, 3.8) is 0 Å². The van der Waals surface area contributed by atoms with Gasteiger partial charge in [-0.3, -0.25) is 9.59 Å². The molecule has 5 rings (SSSR count). The van der Waals surface area contributed by atoms with E-state index in [2.05, 4.69) is 5.32 Å². The van der Waals surface area contributed by atoms with E-state index in [-0.39, 0.29) is 37.3 Å². The second kappa shape index (κ2) is 8.91. The Kier molecular flexibility index (Phi) is 5.76. The number of aromatic nitrogens is 1. The Bertz CT molecular complexity index is 1430. The molecule has 1 atom stereocenters. The maximum absolute atomic E-state index is 13.9. The first-order valence-electron chi connectivity index (χ1n) is 11.5. The van der Waals surface area contributed by atoms with Crippen molar-refractivity contribution in [3.05, 3.63) is 102 Å². The molecule has 0 spiro atoms. The van der Waals surface area contributed by atoms with Crippen molar-refractivity contribution in [2.45, 2.75) is 32.1 Å². The molecular weight excluding hydrogens is 445 g/mol. The summed E-state index contributed by atoms with van der Waals surface area (Å²) in [6, 6.07) is 23.2. The lowest BCUT2D eigenvalue weighted by Crippen LogP contribution is -2.63. The van der Waals surface area contributed by atoms with Crippen LogP contribution in [0.25, 0.3) is 10.9 Å². The highest BCUT2D eigenvalue weighted by molar-refractivity contribution is 6.03. The first-order valence-corrected chi connectivity index (χ1v) is 11.5. The zero-order valence-electron chi connectivity index (χ0n) is 19.6. The van der Waals surface area contributed by atoms with Gasteiger partial charge in [-0.1, -0.05) is 48.5 Å². The average molecular weight is 472 g/mol. The molecule has 2 heterocycles. The van der Waals surface area contributed by atoms with E-state index < -0.39 is 5.54 Å². The standard InChI is InChI=1S/C28H26FN3O3/c1-28(27(34)30-16-21-10-4-6-13-25(21)35-2)18-31-23-12-5-3-9-20(23)15-24(31)26(33)32(28)17-19-8-7-11-22(29)14-19/h3-15H,16-18H2,1-2H3,(H,30,34)/t28-/m0/s1. The first kappa shape index (κ1) is 22.7. The molecule has 0 aliphatic carbocycles. The summed E-state index contributed by atoms with van der Waals surface area (Å²) in [4.78, 5) is 29.1. The first-order chi connectivity index (χ1) is 16.9. The molecule has 6 nitrogen and oxygen atoms in total. The molecule has 1 aromatic heterocycles. The fourth-order valence-corrected chi connectivity index (χ4v) is 4.79. The number of hydrogen-bond acceptors (Lipinski definition) is 3. The zero-order chi connectivity index (χ0) is 24.6. The van der Waals surface area contributed by atoms with Crippen LogP contribution in [-0.4, -0.2) is 33.9 Å². The minimum atomic E-state index is -1.21. The molecule has 0 saturated carbocycles. The Labute approximate surface area is 202 Å². The third kappa shape index (κ3) is 4.03. The lowest BCUT2D eigenvalue weighted by atomic mass is 9.93. The van der Waals surface area contributed by atoms with Gasteiger partial charge in [-0.15, -0.1) is 0 Å². The monoisotopic (exact) mass is 471 g/mol. The number of ether oxygens (including phenoxy) is 1. The highest BCUT2D eigenvalue weighted by atomic mass is 19.1. The summed E-state index contributed by atoms with van der Waals surface area (Å²) in [7, 11) is 1.58. The van der Waals surface area contributed by atoms with E-state index in [0.717, 1.165) is 16.5 Å². The van der Waals surface area contributed by atoms with E-state index in [9.17, 15) is 14.0 Å². The van der Waals surface area contributed by atoms with E-state index in [1.165, 1.54) is 12.1 Å². The van der Waals surface area contributed by atoms with Crippen LogP contribution in [0, 0.1) is 5.82 Å². The van der Waals surface area contributed by atoms with Gasteiger partial charge < -0.3 is 19.5 Å². The number of halogens is 1. The molecule has 0 bridgehead atoms. The Morgan fingerprint density at radius 1 is 1.06 bits per heavy atom. The number of nitrogens with zero attached hydrogens (tertiary/aromatic N) is 2. The average Bonchev–Trinajstić information content (AvgIpc) is 3.23. The quantitative estimate of drug-likeness (QED) is 0.450. The molecule has 0 saturated heterocycles. The molecular formula is C28H26FN3O3. The summed E-state index contributed by atoms with van der Waals surface area (Å²) in [6.45, 7) is 2.39. The van der Waals surface area contributed by atoms with Gasteiger partial charge in [0.25, 0.3) is 5.91 Å². The normalized spacial score (nSPS) is 17.3. The number of fused-ring (bicyclic) bond motifs is 3. The van der Waals surface area contributed by atoms with Gasteiger partial charge in [-0.2, -0.15) is 0 Å². The summed E-state index contributed by atoms with van der Waals surface area (Å²) in [5.41, 5.74) is 1.65. The van der Waals surface area contributed by atoms with Crippen LogP contribution in [0.4, 0.5) is 4.39 Å². The Balaban J connectivity index is 1.53. The third-order valence-corrected chi connectivity index (χ3v) is 6.69. The highest BCUT2D eigenvalue weighted by Crippen LogP contribution is 2.33. The van der Waals surface area contributed by atoms with Crippen molar-refractivity contribution in [1.82, 2.24) is 14.8 Å². The number of benzene rings is 3. The summed E-state index contributed by atoms with van der Waals surface area (Å²) in [5, 5.41) is 3.93. The number of amides is 2. The van der Waals surface area contributed by atoms with Gasteiger partial charge in [-0.25, -0.2) is 4.39 Å². The van der Waals surface area contributed by atoms with Crippen molar-refractivity contribution in [2.75, 3.05) is 7.11 Å². The summed E-state index contributed by atoms with van der Waals surface area (Å²) in [6.07, 6.45) is 0. The number of rotatable bonds is 6. The molecule has 1 aliphatic rings. The van der Waals surface area contributed by atoms with Crippen molar-refractivity contribution < 1.29 is 18.7 Å². The van der Waals surface area contributed by atoms with Gasteiger partial charge in [0, 0.05) is 29.6 Å². The predicted molar refractivity (Wildman–Crippen MR) is 131 cm³/mol. The van der Waals surface area contributed by atoms with Gasteiger partial charge in [0.2, 0.25) is 5.91 Å². The molecule has 35 heavy (non-hydrogen) atoms. The zero-order valence-corrected chi connectivity index (χ0v) is 19.6. The van der Waals surface area contributed by atoms with Crippen LogP contribution in [0.15, 0.2) is 78.9 Å². The highest BCUT2D eigenvalue weighted by Gasteiger charge is 2.47. The van der Waals surface area contributed by atoms with E-state index >= 15 is 0 Å². The van der Waals surface area contributed by atoms with Crippen LogP contribution in [0.1, 0.15) is 28.5 Å². The largest absolute Gasteiger partial charge is 0.496 e. The fourth-order valence-electron chi connectivity index (χ4n) is 4.79. The summed E-state index contributed by atoms with van der Waals surface area (Å²) >= 11 is 0. The Morgan fingerprint density at radius 2 is 1.83 bits per heavy atom. The summed E-state index contributed by atoms with van der Waals surface area (Å²) < 4.78 is 21.2. The van der Waals surface area contributed by atoms with Crippen molar-refractivity contribution in [2.24, 2.45) is 0 Å². The number of carbonyl (C=O) groups is 2. The van der Waals surface area contributed by atoms with E-state index in [0.29, 0.717) is 17.0 Å². The Hall–Kier alpha value is -4.13. The SMILES string of the molecule is COc1ccccc1CNC(=O)[C@]1(C)Cn2c(cc3ccccc32)C(=O)N1Cc1cccc(F)c1. The van der Waals surface area contributed by atoms with Crippen molar-refractivity contribution in [1.29, 1.82) is 0 Å². The molecule has 0 unspecified atom stereocenters. The molecule has 1 N–H and O–H groups in total. The van der Waals surface area contributed by atoms with Gasteiger partial charge in [0.15, 0.2) is 0 Å². The van der Waals surface area contributed by atoms with Crippen LogP contribution >= 0.6 is 0 Å². The fraction of sp³-hybridized carbons (Fsp3) is 0.214. The lowest BCUT2D eigenvalue weighted by Gasteiger charge is -2.44. The number of hydrogen-bond donors (Lipinski definition) is 1. The molecule has 1 aliphatic heterocycles. The maximum atomic E-state index is 13.9. The van der Waals surface area contributed by atoms with Crippen LogP contribution in [0.3, 0.4) is 0 Å². The molecule has 4 aromatic rings. The second-order valence-corrected chi connectivity index (χ2v) is 8.96. The van der Waals surface area contributed by atoms with Crippen LogP contribution in [-0.2, 0) is 24.4 Å². The maximum Gasteiger partial charge on any atom is 0.271 e. The molecule has 0 fully saturated rings. The van der Waals surface area contributed by atoms with E-state index in [4.69, 9.17) is 4.74 Å². The van der Waals surface area contributed by atoms with Gasteiger partial charge in [-0.05, 0) is 42.8 Å². The number of methoxy groups -OCH3 is 1. The number of para-hydroxylation sites is 2. The van der Waals surface area contributed by atoms with Crippen LogP contribution < -0.4 is 10.1 Å². The van der Waals surface area contributed by atoms with Crippen LogP contribution in [0.2, 0.25) is 0 Å². The van der Waals surface area contributed by atoms with Crippen LogP contribution in [0.5, 0.6) is 5.75 Å². The molecule has 7 heteroatoms. The lowest BCUT2D eigenvalue weighted by molar-refractivity contribution is -0.133. The number of carbonyl (C=O) groups excluding carboxylic acids is 2. The molecule has 2 amide bonds. The molecule has 0 radical (unpaired) electrons. The topological polar surface area (TPSA) is 63.6 Å². The van der Waals surface area contributed by atoms with Gasteiger partial charge in [0.05, 0.1) is 13.7 Å². The van der Waals surface area contributed by atoms with Gasteiger partial charge in [0.1, 0.15) is 22.8 Å². The summed E-state index contributed by atoms with van der Waals surface area (Å²) in [5.74, 6) is -0.278.